The summed E-state index contributed by atoms with van der Waals surface area (Å²) in [6, 6.07) is 11.2. The highest BCUT2D eigenvalue weighted by atomic mass is 15.1. The van der Waals surface area contributed by atoms with E-state index in [0.29, 0.717) is 0 Å². The Kier molecular flexibility index (Phi) is 1.83. The molecular weight excluding hydrogens is 182 g/mol. The van der Waals surface area contributed by atoms with E-state index in [1.54, 1.807) is 0 Å². The van der Waals surface area contributed by atoms with Crippen molar-refractivity contribution in [2.24, 2.45) is 0 Å². The van der Waals surface area contributed by atoms with Gasteiger partial charge in [0, 0.05) is 13.1 Å². The fraction of sp³-hybridized carbons (Fsp3) is 0.286. The lowest BCUT2D eigenvalue weighted by atomic mass is 9.93. The summed E-state index contributed by atoms with van der Waals surface area (Å²) in [6.07, 6.45) is 0. The van der Waals surface area contributed by atoms with Gasteiger partial charge in [0.1, 0.15) is 0 Å². The number of benzene rings is 2. The van der Waals surface area contributed by atoms with E-state index in [9.17, 15) is 0 Å². The van der Waals surface area contributed by atoms with Crippen molar-refractivity contribution in [2.45, 2.75) is 20.0 Å². The summed E-state index contributed by atoms with van der Waals surface area (Å²) in [5.74, 6) is 0. The van der Waals surface area contributed by atoms with Gasteiger partial charge in [0.25, 0.3) is 0 Å². The van der Waals surface area contributed by atoms with E-state index >= 15 is 0 Å². The first-order valence-corrected chi connectivity index (χ1v) is 5.44. The Balaban J connectivity index is 2.42. The Morgan fingerprint density at radius 1 is 1.00 bits per heavy atom. The van der Waals surface area contributed by atoms with E-state index in [4.69, 9.17) is 0 Å². The van der Waals surface area contributed by atoms with E-state index < -0.39 is 0 Å². The summed E-state index contributed by atoms with van der Waals surface area (Å²) in [4.78, 5) is 2.37. The van der Waals surface area contributed by atoms with Gasteiger partial charge in [0.05, 0.1) is 0 Å². The Bertz CT molecular complexity index is 516. The molecule has 0 bridgehead atoms. The summed E-state index contributed by atoms with van der Waals surface area (Å²) in [5.41, 5.74) is 4.33. The van der Waals surface area contributed by atoms with Crippen LogP contribution >= 0.6 is 0 Å². The monoisotopic (exact) mass is 197 g/mol. The van der Waals surface area contributed by atoms with Crippen molar-refractivity contribution in [1.29, 1.82) is 0 Å². The van der Waals surface area contributed by atoms with Crippen LogP contribution in [-0.2, 0) is 13.1 Å². The van der Waals surface area contributed by atoms with E-state index in [1.165, 1.54) is 27.5 Å². The summed E-state index contributed by atoms with van der Waals surface area (Å²) in [5, 5.41) is 2.92. The molecule has 0 radical (unpaired) electrons. The topological polar surface area (TPSA) is 3.24 Å². The van der Waals surface area contributed by atoms with Gasteiger partial charge in [-0.2, -0.15) is 0 Å². The Morgan fingerprint density at radius 3 is 2.53 bits per heavy atom. The van der Waals surface area contributed by atoms with Gasteiger partial charge in [-0.1, -0.05) is 30.3 Å². The first-order chi connectivity index (χ1) is 7.25. The van der Waals surface area contributed by atoms with Gasteiger partial charge < -0.3 is 0 Å². The number of nitrogens with zero attached hydrogens (tertiary/aromatic N) is 1. The summed E-state index contributed by atoms with van der Waals surface area (Å²) >= 11 is 0. The van der Waals surface area contributed by atoms with Crippen LogP contribution in [-0.4, -0.2) is 11.9 Å². The standard InChI is InChI=1S/C14H15N/c1-10-6-7-12-9-15(2)8-11-4-3-5-13(10)14(11)12/h3-7H,8-9H2,1-2H3. The lowest BCUT2D eigenvalue weighted by Crippen LogP contribution is -2.21. The molecule has 1 aliphatic rings. The van der Waals surface area contributed by atoms with E-state index in [2.05, 4.69) is 49.2 Å². The van der Waals surface area contributed by atoms with Gasteiger partial charge in [0.2, 0.25) is 0 Å². The van der Waals surface area contributed by atoms with Crippen LogP contribution in [0, 0.1) is 6.92 Å². The molecule has 0 fully saturated rings. The Hall–Kier alpha value is -1.34. The van der Waals surface area contributed by atoms with Crippen LogP contribution in [0.5, 0.6) is 0 Å². The normalized spacial score (nSPS) is 15.9. The molecule has 15 heavy (non-hydrogen) atoms. The number of hydrogen-bond acceptors (Lipinski definition) is 1. The highest BCUT2D eigenvalue weighted by Crippen LogP contribution is 2.30. The Labute approximate surface area is 90.3 Å². The minimum absolute atomic E-state index is 1.08. The van der Waals surface area contributed by atoms with Gasteiger partial charge in [-0.25, -0.2) is 0 Å². The third-order valence-electron chi connectivity index (χ3n) is 3.31. The second kappa shape index (κ2) is 3.07. The molecule has 0 atom stereocenters. The number of rotatable bonds is 0. The van der Waals surface area contributed by atoms with Crippen molar-refractivity contribution < 1.29 is 0 Å². The van der Waals surface area contributed by atoms with Crippen LogP contribution < -0.4 is 0 Å². The third kappa shape index (κ3) is 1.27. The molecule has 1 nitrogen and oxygen atoms in total. The lowest BCUT2D eigenvalue weighted by Gasteiger charge is -2.26. The molecule has 0 unspecified atom stereocenters. The van der Waals surface area contributed by atoms with E-state index in [1.807, 2.05) is 0 Å². The second-order valence-electron chi connectivity index (χ2n) is 4.55. The maximum absolute atomic E-state index is 2.37. The van der Waals surface area contributed by atoms with Crippen molar-refractivity contribution in [1.82, 2.24) is 4.90 Å². The molecule has 1 aliphatic heterocycles. The van der Waals surface area contributed by atoms with Crippen LogP contribution in [0.3, 0.4) is 0 Å². The molecule has 0 amide bonds. The zero-order valence-corrected chi connectivity index (χ0v) is 9.25. The molecule has 1 heteroatoms. The lowest BCUT2D eigenvalue weighted by molar-refractivity contribution is 0.314. The summed E-state index contributed by atoms with van der Waals surface area (Å²) < 4.78 is 0. The maximum Gasteiger partial charge on any atom is 0.0240 e. The van der Waals surface area contributed by atoms with E-state index in [-0.39, 0.29) is 0 Å². The molecule has 0 saturated carbocycles. The fourth-order valence-electron chi connectivity index (χ4n) is 2.61. The van der Waals surface area contributed by atoms with Gasteiger partial charge in [0.15, 0.2) is 0 Å². The van der Waals surface area contributed by atoms with Gasteiger partial charge >= 0.3 is 0 Å². The molecule has 0 saturated heterocycles. The minimum Gasteiger partial charge on any atom is -0.298 e. The highest BCUT2D eigenvalue weighted by molar-refractivity contribution is 5.91. The van der Waals surface area contributed by atoms with Crippen LogP contribution in [0.1, 0.15) is 16.7 Å². The van der Waals surface area contributed by atoms with Crippen LogP contribution in [0.2, 0.25) is 0 Å². The minimum atomic E-state index is 1.08. The fourth-order valence-corrected chi connectivity index (χ4v) is 2.61. The number of aryl methyl sites for hydroxylation is 1. The largest absolute Gasteiger partial charge is 0.298 e. The average Bonchev–Trinajstić information content (AvgIpc) is 2.23. The number of hydrogen-bond donors (Lipinski definition) is 0. The molecule has 0 N–H and O–H groups in total. The quantitative estimate of drug-likeness (QED) is 0.627. The van der Waals surface area contributed by atoms with Crippen molar-refractivity contribution in [3.05, 3.63) is 47.0 Å². The van der Waals surface area contributed by atoms with Crippen molar-refractivity contribution >= 4 is 10.8 Å². The average molecular weight is 197 g/mol. The molecular formula is C14H15N. The molecule has 0 aliphatic carbocycles. The molecule has 3 rings (SSSR count). The molecule has 0 aromatic heterocycles. The van der Waals surface area contributed by atoms with Crippen molar-refractivity contribution in [3.8, 4) is 0 Å². The van der Waals surface area contributed by atoms with Gasteiger partial charge in [-0.3, -0.25) is 4.90 Å². The molecule has 0 spiro atoms. The Morgan fingerprint density at radius 2 is 1.73 bits per heavy atom. The first kappa shape index (κ1) is 8.93. The third-order valence-corrected chi connectivity index (χ3v) is 3.31. The molecule has 2 aromatic rings. The summed E-state index contributed by atoms with van der Waals surface area (Å²) in [6.45, 7) is 4.35. The molecule has 1 heterocycles. The van der Waals surface area contributed by atoms with Crippen LogP contribution in [0.15, 0.2) is 30.3 Å². The van der Waals surface area contributed by atoms with Gasteiger partial charge in [-0.15, -0.1) is 0 Å². The molecule has 2 aromatic carbocycles. The van der Waals surface area contributed by atoms with Crippen LogP contribution in [0.4, 0.5) is 0 Å². The zero-order valence-electron chi connectivity index (χ0n) is 9.25. The maximum atomic E-state index is 2.37. The predicted molar refractivity (Wildman–Crippen MR) is 63.9 cm³/mol. The van der Waals surface area contributed by atoms with E-state index in [0.717, 1.165) is 13.1 Å². The smallest absolute Gasteiger partial charge is 0.0240 e. The van der Waals surface area contributed by atoms with Crippen LogP contribution in [0.25, 0.3) is 10.8 Å². The predicted octanol–water partition coefficient (Wildman–Crippen LogP) is 3.09. The van der Waals surface area contributed by atoms with Gasteiger partial charge in [-0.05, 0) is 41.4 Å². The summed E-state index contributed by atoms with van der Waals surface area (Å²) in [7, 11) is 2.18. The zero-order chi connectivity index (χ0) is 10.4. The van der Waals surface area contributed by atoms with Crippen molar-refractivity contribution in [2.75, 3.05) is 7.05 Å². The van der Waals surface area contributed by atoms with Crippen molar-refractivity contribution in [3.63, 3.8) is 0 Å². The molecule has 76 valence electrons. The first-order valence-electron chi connectivity index (χ1n) is 5.44. The second-order valence-corrected chi connectivity index (χ2v) is 4.55. The highest BCUT2D eigenvalue weighted by Gasteiger charge is 2.15. The SMILES string of the molecule is Cc1ccc2c3c(cccc13)CN(C)C2.